The molecule has 1 fully saturated rings. The van der Waals surface area contributed by atoms with Gasteiger partial charge in [0.2, 0.25) is 0 Å². The van der Waals surface area contributed by atoms with Crippen LogP contribution in [0.2, 0.25) is 5.15 Å². The van der Waals surface area contributed by atoms with E-state index in [9.17, 15) is 4.79 Å². The second kappa shape index (κ2) is 12.8. The Labute approximate surface area is 237 Å². The lowest BCUT2D eigenvalue weighted by atomic mass is 9.84. The molecule has 0 radical (unpaired) electrons. The van der Waals surface area contributed by atoms with Crippen LogP contribution in [0.15, 0.2) is 66.1 Å². The first kappa shape index (κ1) is 27.4. The van der Waals surface area contributed by atoms with Crippen molar-refractivity contribution in [2.24, 2.45) is 0 Å². The second-order valence-electron chi connectivity index (χ2n) is 10.4. The molecule has 1 aliphatic carbocycles. The Morgan fingerprint density at radius 1 is 0.974 bits per heavy atom. The summed E-state index contributed by atoms with van der Waals surface area (Å²) in [4.78, 5) is 20.1. The maximum atomic E-state index is 10.9. The Balaban J connectivity index is 1.21. The Bertz CT molecular complexity index is 1280. The Morgan fingerprint density at radius 3 is 2.37 bits per heavy atom. The molecule has 38 heavy (non-hydrogen) atoms. The van der Waals surface area contributed by atoms with Gasteiger partial charge in [-0.3, -0.25) is 9.69 Å². The molecule has 4 nitrogen and oxygen atoms in total. The third kappa shape index (κ3) is 6.87. The summed E-state index contributed by atoms with van der Waals surface area (Å²) in [5.74, 6) is 1.63. The number of anilines is 1. The summed E-state index contributed by atoms with van der Waals surface area (Å²) in [6.45, 7) is 1.64. The highest BCUT2D eigenvalue weighted by Crippen LogP contribution is 2.52. The molecule has 2 aliphatic rings. The van der Waals surface area contributed by atoms with Crippen molar-refractivity contribution < 1.29 is 4.79 Å². The highest BCUT2D eigenvalue weighted by Gasteiger charge is 2.24. The van der Waals surface area contributed by atoms with Crippen molar-refractivity contribution >= 4 is 49.4 Å². The van der Waals surface area contributed by atoms with E-state index in [1.807, 2.05) is 42.1 Å². The van der Waals surface area contributed by atoms with E-state index in [-0.39, 0.29) is 0 Å². The zero-order valence-electron chi connectivity index (χ0n) is 22.1. The maximum absolute atomic E-state index is 10.9. The molecule has 0 saturated heterocycles. The number of aldehydes is 1. The van der Waals surface area contributed by atoms with Gasteiger partial charge in [0.1, 0.15) is 17.3 Å². The number of hydrogen-bond donors (Lipinski definition) is 0. The predicted octanol–water partition coefficient (Wildman–Crippen LogP) is 8.37. The van der Waals surface area contributed by atoms with Crippen LogP contribution in [-0.4, -0.2) is 35.4 Å². The molecule has 0 N–H and O–H groups in total. The van der Waals surface area contributed by atoms with Gasteiger partial charge in [0.25, 0.3) is 0 Å². The number of aromatic nitrogens is 1. The van der Waals surface area contributed by atoms with Crippen LogP contribution in [0.4, 0.5) is 5.82 Å². The van der Waals surface area contributed by atoms with E-state index in [1.54, 1.807) is 0 Å². The normalized spacial score (nSPS) is 18.6. The number of rotatable bonds is 9. The predicted molar refractivity (Wildman–Crippen MR) is 165 cm³/mol. The molecular weight excluding hydrogens is 529 g/mol. The fraction of sp³-hybridized carbons (Fsp3) is 0.355. The van der Waals surface area contributed by atoms with E-state index >= 15 is 0 Å². The zero-order valence-corrected chi connectivity index (χ0v) is 24.6. The molecule has 3 aromatic rings. The molecule has 7 heteroatoms. The van der Waals surface area contributed by atoms with Crippen LogP contribution in [0.25, 0.3) is 5.31 Å². The molecule has 2 aromatic carbocycles. The molecule has 2 heterocycles. The molecule has 2 atom stereocenters. The summed E-state index contributed by atoms with van der Waals surface area (Å²) in [7, 11) is 4.89. The highest BCUT2D eigenvalue weighted by molar-refractivity contribution is 8.09. The summed E-state index contributed by atoms with van der Waals surface area (Å²) >= 11 is 8.37. The lowest BCUT2D eigenvalue weighted by molar-refractivity contribution is 0.112. The average Bonchev–Trinajstić information content (AvgIpc) is 3.45. The van der Waals surface area contributed by atoms with Crippen molar-refractivity contribution in [2.45, 2.75) is 56.2 Å². The minimum atomic E-state index is 0.381. The van der Waals surface area contributed by atoms with Gasteiger partial charge in [-0.15, -0.1) is 11.8 Å². The van der Waals surface area contributed by atoms with Crippen molar-refractivity contribution in [1.29, 1.82) is 0 Å². The Morgan fingerprint density at radius 2 is 1.66 bits per heavy atom. The fourth-order valence-electron chi connectivity index (χ4n) is 5.29. The highest BCUT2D eigenvalue weighted by atomic mass is 35.5. The molecule has 0 bridgehead atoms. The number of carbonyl (C=O) groups excluding carboxylic acids is 1. The van der Waals surface area contributed by atoms with Crippen molar-refractivity contribution in [3.8, 4) is 0 Å². The van der Waals surface area contributed by atoms with Crippen LogP contribution in [0.3, 0.4) is 0 Å². The monoisotopic (exact) mass is 563 g/mol. The number of carbonyl (C=O) groups is 1. The van der Waals surface area contributed by atoms with Crippen LogP contribution in [-0.2, 0) is 13.1 Å². The average molecular weight is 564 g/mol. The Hall–Kier alpha value is -2.17. The number of benzene rings is 2. The van der Waals surface area contributed by atoms with Gasteiger partial charge < -0.3 is 4.90 Å². The van der Waals surface area contributed by atoms with Crippen LogP contribution in [0.5, 0.6) is 0 Å². The molecule has 1 aliphatic heterocycles. The molecule has 0 spiro atoms. The summed E-state index contributed by atoms with van der Waals surface area (Å²) < 4.78 is 0. The van der Waals surface area contributed by atoms with Crippen LogP contribution in [0, 0.1) is 0 Å². The van der Waals surface area contributed by atoms with Gasteiger partial charge >= 0.3 is 0 Å². The molecular formula is C31H35ClN3OPS. The zero-order chi connectivity index (χ0) is 26.5. The van der Waals surface area contributed by atoms with Crippen LogP contribution < -0.4 is 4.90 Å². The molecule has 5 rings (SSSR count). The maximum Gasteiger partial charge on any atom is 0.150 e. The number of hydrogen-bond acceptors (Lipinski definition) is 5. The summed E-state index contributed by atoms with van der Waals surface area (Å²) in [5, 5.41) is 4.50. The molecule has 1 aromatic heterocycles. The van der Waals surface area contributed by atoms with Gasteiger partial charge in [0.15, 0.2) is 0 Å². The van der Waals surface area contributed by atoms with E-state index in [4.69, 9.17) is 11.6 Å². The number of halogens is 1. The second-order valence-corrected chi connectivity index (χ2v) is 13.5. The van der Waals surface area contributed by atoms with Gasteiger partial charge in [0.05, 0.1) is 5.11 Å². The van der Waals surface area contributed by atoms with E-state index < -0.39 is 0 Å². The summed E-state index contributed by atoms with van der Waals surface area (Å²) in [6.07, 6.45) is 7.65. The smallest absolute Gasteiger partial charge is 0.150 e. The lowest BCUT2D eigenvalue weighted by Gasteiger charge is -2.24. The first-order chi connectivity index (χ1) is 18.5. The van der Waals surface area contributed by atoms with Crippen molar-refractivity contribution in [3.63, 3.8) is 0 Å². The van der Waals surface area contributed by atoms with Gasteiger partial charge in [-0.05, 0) is 70.9 Å². The fourth-order valence-corrected chi connectivity index (χ4v) is 8.40. The van der Waals surface area contributed by atoms with E-state index in [1.165, 1.54) is 54.1 Å². The van der Waals surface area contributed by atoms with Crippen LogP contribution >= 0.6 is 31.9 Å². The van der Waals surface area contributed by atoms with Crippen molar-refractivity contribution in [2.75, 3.05) is 19.0 Å². The van der Waals surface area contributed by atoms with E-state index in [0.717, 1.165) is 36.7 Å². The van der Waals surface area contributed by atoms with Crippen molar-refractivity contribution in [3.05, 3.63) is 99.0 Å². The lowest BCUT2D eigenvalue weighted by Crippen LogP contribution is -2.23. The SMILES string of the molecule is CN(Cc1ccc(C2CCCCC2)cc1)c1cc(C2=CSC(N(C)Cc3ccc(C=O)cc3)P2)cc(Cl)n1. The topological polar surface area (TPSA) is 36.4 Å². The number of nitrogens with zero attached hydrogens (tertiary/aromatic N) is 3. The molecule has 1 saturated carbocycles. The third-order valence-electron chi connectivity index (χ3n) is 7.50. The quantitative estimate of drug-likeness (QED) is 0.148. The first-order valence-electron chi connectivity index (χ1n) is 13.3. The number of pyridine rings is 1. The molecule has 2 unspecified atom stereocenters. The summed E-state index contributed by atoms with van der Waals surface area (Å²) in [5.41, 5.74) is 5.85. The van der Waals surface area contributed by atoms with E-state index in [0.29, 0.717) is 24.4 Å². The minimum absolute atomic E-state index is 0.381. The Kier molecular flexibility index (Phi) is 9.22. The number of thioether (sulfide) groups is 1. The third-order valence-corrected chi connectivity index (χ3v) is 11.1. The largest absolute Gasteiger partial charge is 0.355 e. The van der Waals surface area contributed by atoms with Gasteiger partial charge in [-0.1, -0.05) is 88.0 Å². The first-order valence-corrected chi connectivity index (χ1v) is 15.7. The molecule has 198 valence electrons. The van der Waals surface area contributed by atoms with E-state index in [2.05, 4.69) is 64.6 Å². The standard InChI is InChI=1S/C31H35ClN3OPS/c1-34(18-23-12-14-26(15-13-23)25-6-4-3-5-7-25)30-17-27(16-29(32)33-30)28-21-38-31(37-28)35(2)19-22-8-10-24(20-36)11-9-22/h8-17,20-21,25,31,37H,3-7,18-19H2,1-2H3. The van der Waals surface area contributed by atoms with Gasteiger partial charge in [0, 0.05) is 25.7 Å². The van der Waals surface area contributed by atoms with Crippen molar-refractivity contribution in [1.82, 2.24) is 9.88 Å². The summed E-state index contributed by atoms with van der Waals surface area (Å²) in [6, 6.07) is 21.2. The van der Waals surface area contributed by atoms with Crippen LogP contribution in [0.1, 0.15) is 70.6 Å². The minimum Gasteiger partial charge on any atom is -0.355 e. The van der Waals surface area contributed by atoms with Gasteiger partial charge in [-0.25, -0.2) is 4.98 Å². The molecule has 0 amide bonds. The van der Waals surface area contributed by atoms with Gasteiger partial charge in [-0.2, -0.15) is 0 Å².